The van der Waals surface area contributed by atoms with Gasteiger partial charge >= 0.3 is 0 Å². The zero-order valence-electron chi connectivity index (χ0n) is 17.5. The van der Waals surface area contributed by atoms with E-state index in [1.54, 1.807) is 20.3 Å². The van der Waals surface area contributed by atoms with Crippen LogP contribution in [0, 0.1) is 0 Å². The van der Waals surface area contributed by atoms with E-state index in [2.05, 4.69) is 32.0 Å². The van der Waals surface area contributed by atoms with Crippen LogP contribution in [-0.2, 0) is 4.79 Å². The molecule has 1 fully saturated rings. The number of ether oxygens (including phenoxy) is 2. The normalized spacial score (nSPS) is 19.2. The molecule has 0 bridgehead atoms. The zero-order valence-corrected chi connectivity index (χ0v) is 17.5. The number of piperazine rings is 1. The smallest absolute Gasteiger partial charge is 0.258 e. The molecule has 0 aliphatic carbocycles. The Hall–Kier alpha value is -3.07. The summed E-state index contributed by atoms with van der Waals surface area (Å²) < 4.78 is 10.9. The van der Waals surface area contributed by atoms with Gasteiger partial charge in [0, 0.05) is 44.1 Å². The Labute approximate surface area is 175 Å². The number of fused-ring (bicyclic) bond motifs is 1. The third-order valence-corrected chi connectivity index (χ3v) is 5.87. The van der Waals surface area contributed by atoms with Gasteiger partial charge in [0.05, 0.1) is 19.8 Å². The van der Waals surface area contributed by atoms with E-state index in [4.69, 9.17) is 9.47 Å². The first-order valence-electron chi connectivity index (χ1n) is 10.2. The van der Waals surface area contributed by atoms with Crippen LogP contribution in [0.4, 0.5) is 11.8 Å². The van der Waals surface area contributed by atoms with Crippen molar-refractivity contribution in [2.75, 3.05) is 57.2 Å². The van der Waals surface area contributed by atoms with Gasteiger partial charge in [0.15, 0.2) is 11.5 Å². The molecular formula is C21H27N5O4. The summed E-state index contributed by atoms with van der Waals surface area (Å²) >= 11 is 0. The molecule has 0 unspecified atom stereocenters. The first kappa shape index (κ1) is 20.2. The average Bonchev–Trinajstić information content (AvgIpc) is 2.77. The molecule has 1 amide bonds. The summed E-state index contributed by atoms with van der Waals surface area (Å²) in [6.45, 7) is 6.51. The number of para-hydroxylation sites is 1. The van der Waals surface area contributed by atoms with Crippen LogP contribution in [0.3, 0.4) is 0 Å². The molecule has 160 valence electrons. The Morgan fingerprint density at radius 2 is 1.90 bits per heavy atom. The molecule has 2 aliphatic rings. The highest BCUT2D eigenvalue weighted by molar-refractivity contribution is 5.94. The van der Waals surface area contributed by atoms with Gasteiger partial charge in [0.1, 0.15) is 5.82 Å². The molecule has 0 radical (unpaired) electrons. The number of anilines is 2. The average molecular weight is 413 g/mol. The molecule has 1 aromatic carbocycles. The van der Waals surface area contributed by atoms with Gasteiger partial charge in [-0.05, 0) is 12.6 Å². The predicted octanol–water partition coefficient (Wildman–Crippen LogP) is 1.40. The molecule has 1 saturated heterocycles. The number of nitrogens with one attached hydrogen (secondary N) is 2. The van der Waals surface area contributed by atoms with Crippen molar-refractivity contribution in [3.05, 3.63) is 39.7 Å². The lowest BCUT2D eigenvalue weighted by Gasteiger charge is -2.35. The molecule has 9 heteroatoms. The number of nitrogens with zero attached hydrogens (tertiary/aromatic N) is 3. The number of aromatic amines is 1. The van der Waals surface area contributed by atoms with Crippen molar-refractivity contribution in [3.8, 4) is 11.5 Å². The minimum Gasteiger partial charge on any atom is -0.493 e. The van der Waals surface area contributed by atoms with Crippen molar-refractivity contribution in [2.24, 2.45) is 0 Å². The van der Waals surface area contributed by atoms with Crippen LogP contribution in [-0.4, -0.2) is 67.7 Å². The Bertz CT molecular complexity index is 997. The fraction of sp³-hybridized carbons (Fsp3) is 0.476. The molecular weight excluding hydrogens is 386 g/mol. The lowest BCUT2D eigenvalue weighted by atomic mass is 9.86. The summed E-state index contributed by atoms with van der Waals surface area (Å²) in [5, 5.41) is 2.79. The van der Waals surface area contributed by atoms with E-state index in [0.29, 0.717) is 28.8 Å². The highest BCUT2D eigenvalue weighted by atomic mass is 16.5. The number of rotatable bonds is 5. The summed E-state index contributed by atoms with van der Waals surface area (Å²) in [6, 6.07) is 5.46. The highest BCUT2D eigenvalue weighted by Crippen LogP contribution is 2.42. The molecule has 0 spiro atoms. The van der Waals surface area contributed by atoms with Crippen molar-refractivity contribution < 1.29 is 14.3 Å². The number of aromatic nitrogens is 2. The van der Waals surface area contributed by atoms with Crippen LogP contribution < -0.4 is 25.2 Å². The largest absolute Gasteiger partial charge is 0.493 e. The van der Waals surface area contributed by atoms with Gasteiger partial charge in [0.25, 0.3) is 5.56 Å². The maximum absolute atomic E-state index is 13.1. The van der Waals surface area contributed by atoms with E-state index in [1.807, 2.05) is 12.1 Å². The lowest BCUT2D eigenvalue weighted by Crippen LogP contribution is -2.47. The Balaban J connectivity index is 1.74. The minimum atomic E-state index is -0.471. The van der Waals surface area contributed by atoms with E-state index < -0.39 is 5.92 Å². The van der Waals surface area contributed by atoms with Crippen LogP contribution in [0.2, 0.25) is 0 Å². The maximum Gasteiger partial charge on any atom is 0.258 e. The van der Waals surface area contributed by atoms with Crippen molar-refractivity contribution in [1.82, 2.24) is 14.9 Å². The van der Waals surface area contributed by atoms with Crippen LogP contribution in [0.5, 0.6) is 11.5 Å². The maximum atomic E-state index is 13.1. The van der Waals surface area contributed by atoms with Crippen molar-refractivity contribution in [3.63, 3.8) is 0 Å². The fourth-order valence-electron chi connectivity index (χ4n) is 4.24. The summed E-state index contributed by atoms with van der Waals surface area (Å²) in [5.41, 5.74) is 0.921. The summed E-state index contributed by atoms with van der Waals surface area (Å²) in [6.07, 6.45) is 0.135. The van der Waals surface area contributed by atoms with Crippen molar-refractivity contribution in [2.45, 2.75) is 19.3 Å². The SMILES string of the molecule is CCN1CCN(c2nc3c(c(=O)[nH]2)[C@@H](c2cccc(OC)c2OC)CC(=O)N3)CC1. The second-order valence-corrected chi connectivity index (χ2v) is 7.46. The molecule has 4 rings (SSSR count). The molecule has 2 aromatic rings. The van der Waals surface area contributed by atoms with Gasteiger partial charge in [-0.25, -0.2) is 0 Å². The molecule has 1 atom stereocenters. The number of amides is 1. The second-order valence-electron chi connectivity index (χ2n) is 7.46. The topological polar surface area (TPSA) is 99.8 Å². The van der Waals surface area contributed by atoms with Gasteiger partial charge < -0.3 is 24.6 Å². The van der Waals surface area contributed by atoms with Crippen LogP contribution >= 0.6 is 0 Å². The number of benzene rings is 1. The van der Waals surface area contributed by atoms with Gasteiger partial charge in [-0.15, -0.1) is 0 Å². The number of methoxy groups -OCH3 is 2. The van der Waals surface area contributed by atoms with Crippen molar-refractivity contribution >= 4 is 17.7 Å². The van der Waals surface area contributed by atoms with E-state index in [1.165, 1.54) is 0 Å². The molecule has 2 N–H and O–H groups in total. The third kappa shape index (κ3) is 3.60. The number of carbonyl (C=O) groups excluding carboxylic acids is 1. The number of hydrogen-bond donors (Lipinski definition) is 2. The minimum absolute atomic E-state index is 0.135. The second kappa shape index (κ2) is 8.35. The van der Waals surface area contributed by atoms with E-state index in [-0.39, 0.29) is 17.9 Å². The standard InChI is InChI=1S/C21H27N5O4/c1-4-25-8-10-26(11-9-25)21-23-19-17(20(28)24-21)14(12-16(27)22-19)13-6-5-7-15(29-2)18(13)30-3/h5-7,14H,4,8-12H2,1-3H3,(H2,22,23,24,27,28)/t14-/m1/s1. The molecule has 1 aromatic heterocycles. The summed E-state index contributed by atoms with van der Waals surface area (Å²) in [4.78, 5) is 37.6. The number of likely N-dealkylation sites (N-methyl/N-ethyl adjacent to an activating group) is 1. The van der Waals surface area contributed by atoms with Crippen LogP contribution in [0.25, 0.3) is 0 Å². The molecule has 2 aliphatic heterocycles. The number of H-pyrrole nitrogens is 1. The Kier molecular flexibility index (Phi) is 5.63. The van der Waals surface area contributed by atoms with Gasteiger partial charge in [-0.3, -0.25) is 14.6 Å². The molecule has 9 nitrogen and oxygen atoms in total. The van der Waals surface area contributed by atoms with Gasteiger partial charge in [-0.1, -0.05) is 19.1 Å². The lowest BCUT2D eigenvalue weighted by molar-refractivity contribution is -0.116. The van der Waals surface area contributed by atoms with Crippen molar-refractivity contribution in [1.29, 1.82) is 0 Å². The first-order chi connectivity index (χ1) is 14.5. The predicted molar refractivity (Wildman–Crippen MR) is 114 cm³/mol. The van der Waals surface area contributed by atoms with E-state index in [0.717, 1.165) is 38.3 Å². The first-order valence-corrected chi connectivity index (χ1v) is 10.2. The Morgan fingerprint density at radius 3 is 2.57 bits per heavy atom. The van der Waals surface area contributed by atoms with Gasteiger partial charge in [0.2, 0.25) is 11.9 Å². The Morgan fingerprint density at radius 1 is 1.13 bits per heavy atom. The number of carbonyl (C=O) groups is 1. The molecule has 3 heterocycles. The monoisotopic (exact) mass is 413 g/mol. The van der Waals surface area contributed by atoms with Crippen LogP contribution in [0.1, 0.15) is 30.4 Å². The van der Waals surface area contributed by atoms with E-state index >= 15 is 0 Å². The van der Waals surface area contributed by atoms with Gasteiger partial charge in [-0.2, -0.15) is 4.98 Å². The third-order valence-electron chi connectivity index (χ3n) is 5.87. The molecule has 30 heavy (non-hydrogen) atoms. The van der Waals surface area contributed by atoms with E-state index in [9.17, 15) is 9.59 Å². The van der Waals surface area contributed by atoms with Crippen LogP contribution in [0.15, 0.2) is 23.0 Å². The number of hydrogen-bond acceptors (Lipinski definition) is 7. The fourth-order valence-corrected chi connectivity index (χ4v) is 4.24. The quantitative estimate of drug-likeness (QED) is 0.764. The molecule has 0 saturated carbocycles. The zero-order chi connectivity index (χ0) is 21.3. The summed E-state index contributed by atoms with van der Waals surface area (Å²) in [7, 11) is 3.11. The summed E-state index contributed by atoms with van der Waals surface area (Å²) in [5.74, 6) is 1.23. The highest BCUT2D eigenvalue weighted by Gasteiger charge is 2.34.